The molecule has 0 radical (unpaired) electrons. The Bertz CT molecular complexity index is 2240. The standard InChI is InChI=1S/C49H48N2O8/c1-55-49(54)42(51-48(53)41-27-17-30-44(57-33-37-20-8-3-9-21-37)46(41)59-35-39-24-12-5-13-25-39)28-14-15-31-50-47(52)40-26-16-29-43(56-32-36-18-6-2-7-19-36)45(40)58-34-38-22-10-4-11-23-38/h2-13,16-27,29-30,42H,14-15,28,31-35H2,1H3,(H,50,52)(H,51,53)/t42-/m1/s1. The maximum Gasteiger partial charge on any atom is 0.328 e. The van der Waals surface area contributed by atoms with Gasteiger partial charge in [-0.05, 0) is 65.8 Å². The van der Waals surface area contributed by atoms with Gasteiger partial charge in [0, 0.05) is 6.54 Å². The van der Waals surface area contributed by atoms with E-state index in [4.69, 9.17) is 23.7 Å². The first kappa shape index (κ1) is 41.6. The third-order valence-corrected chi connectivity index (χ3v) is 9.37. The molecule has 2 amide bonds. The number of amides is 2. The smallest absolute Gasteiger partial charge is 0.328 e. The van der Waals surface area contributed by atoms with Crippen LogP contribution in [0, 0.1) is 0 Å². The van der Waals surface area contributed by atoms with E-state index in [2.05, 4.69) is 10.6 Å². The zero-order chi connectivity index (χ0) is 41.1. The predicted molar refractivity (Wildman–Crippen MR) is 225 cm³/mol. The second-order valence-corrected chi connectivity index (χ2v) is 13.7. The molecule has 0 aromatic heterocycles. The minimum atomic E-state index is -0.949. The van der Waals surface area contributed by atoms with Gasteiger partial charge in [-0.15, -0.1) is 0 Å². The summed E-state index contributed by atoms with van der Waals surface area (Å²) in [6.45, 7) is 1.33. The number of hydrogen-bond acceptors (Lipinski definition) is 8. The molecule has 0 saturated heterocycles. The molecule has 0 saturated carbocycles. The van der Waals surface area contributed by atoms with Crippen molar-refractivity contribution >= 4 is 17.8 Å². The number of nitrogens with one attached hydrogen (secondary N) is 2. The van der Waals surface area contributed by atoms with Crippen molar-refractivity contribution in [1.29, 1.82) is 0 Å². The fourth-order valence-electron chi connectivity index (χ4n) is 6.24. The first-order chi connectivity index (χ1) is 29.0. The maximum absolute atomic E-state index is 13.9. The lowest BCUT2D eigenvalue weighted by Gasteiger charge is -2.20. The van der Waals surface area contributed by atoms with Gasteiger partial charge >= 0.3 is 5.97 Å². The van der Waals surface area contributed by atoms with Crippen molar-refractivity contribution in [2.24, 2.45) is 0 Å². The molecule has 6 aromatic carbocycles. The van der Waals surface area contributed by atoms with E-state index in [1.165, 1.54) is 7.11 Å². The van der Waals surface area contributed by atoms with Gasteiger partial charge in [0.05, 0.1) is 18.2 Å². The summed E-state index contributed by atoms with van der Waals surface area (Å²) in [5.74, 6) is 0.0318. The van der Waals surface area contributed by atoms with Gasteiger partial charge in [0.2, 0.25) is 0 Å². The zero-order valence-electron chi connectivity index (χ0n) is 33.0. The summed E-state index contributed by atoms with van der Waals surface area (Å²) >= 11 is 0. The van der Waals surface area contributed by atoms with E-state index in [1.807, 2.05) is 121 Å². The highest BCUT2D eigenvalue weighted by molar-refractivity contribution is 6.00. The van der Waals surface area contributed by atoms with Crippen molar-refractivity contribution < 1.29 is 38.1 Å². The number of carbonyl (C=O) groups is 3. The topological polar surface area (TPSA) is 121 Å². The largest absolute Gasteiger partial charge is 0.485 e. The van der Waals surface area contributed by atoms with Gasteiger partial charge < -0.3 is 34.3 Å². The summed E-state index contributed by atoms with van der Waals surface area (Å²) in [6, 6.07) is 48.2. The van der Waals surface area contributed by atoms with Crippen LogP contribution in [0.1, 0.15) is 62.2 Å². The Labute approximate surface area is 345 Å². The lowest BCUT2D eigenvalue weighted by atomic mass is 10.1. The summed E-state index contributed by atoms with van der Waals surface area (Å²) in [5.41, 5.74) is 4.35. The highest BCUT2D eigenvalue weighted by atomic mass is 16.5. The average Bonchev–Trinajstić information content (AvgIpc) is 3.29. The Hall–Kier alpha value is -7.07. The number of para-hydroxylation sites is 2. The molecular formula is C49H48N2O8. The van der Waals surface area contributed by atoms with Gasteiger partial charge in [-0.3, -0.25) is 9.59 Å². The van der Waals surface area contributed by atoms with E-state index < -0.39 is 17.9 Å². The molecule has 0 fully saturated rings. The molecule has 302 valence electrons. The van der Waals surface area contributed by atoms with Crippen LogP contribution >= 0.6 is 0 Å². The van der Waals surface area contributed by atoms with E-state index in [-0.39, 0.29) is 43.5 Å². The van der Waals surface area contributed by atoms with Crippen LogP contribution in [-0.2, 0) is 36.0 Å². The fourth-order valence-corrected chi connectivity index (χ4v) is 6.24. The van der Waals surface area contributed by atoms with Crippen LogP contribution in [-0.4, -0.2) is 37.5 Å². The Morgan fingerprint density at radius 1 is 0.475 bits per heavy atom. The summed E-state index contributed by atoms with van der Waals surface area (Å²) in [4.78, 5) is 40.4. The molecule has 0 aliphatic heterocycles. The highest BCUT2D eigenvalue weighted by Crippen LogP contribution is 2.34. The van der Waals surface area contributed by atoms with Crippen molar-refractivity contribution in [3.05, 3.63) is 191 Å². The first-order valence-electron chi connectivity index (χ1n) is 19.6. The molecule has 0 unspecified atom stereocenters. The molecule has 0 heterocycles. The molecule has 0 aliphatic carbocycles. The summed E-state index contributed by atoms with van der Waals surface area (Å²) in [5, 5.41) is 5.83. The summed E-state index contributed by atoms with van der Waals surface area (Å²) < 4.78 is 29.8. The van der Waals surface area contributed by atoms with E-state index in [1.54, 1.807) is 36.4 Å². The maximum atomic E-state index is 13.9. The third-order valence-electron chi connectivity index (χ3n) is 9.37. The monoisotopic (exact) mass is 792 g/mol. The minimum absolute atomic E-state index is 0.199. The summed E-state index contributed by atoms with van der Waals surface area (Å²) in [7, 11) is 1.28. The number of ether oxygens (including phenoxy) is 5. The van der Waals surface area contributed by atoms with Crippen molar-refractivity contribution in [2.75, 3.05) is 13.7 Å². The molecule has 59 heavy (non-hydrogen) atoms. The lowest BCUT2D eigenvalue weighted by Crippen LogP contribution is -2.41. The molecule has 0 aliphatic rings. The SMILES string of the molecule is COC(=O)[C@@H](CCCCNC(=O)c1cccc(OCc2ccccc2)c1OCc1ccccc1)NC(=O)c1cccc(OCc2ccccc2)c1OCc1ccccc1. The molecule has 6 aromatic rings. The van der Waals surface area contributed by atoms with Gasteiger partial charge in [-0.1, -0.05) is 133 Å². The van der Waals surface area contributed by atoms with Gasteiger partial charge in [0.25, 0.3) is 11.8 Å². The van der Waals surface area contributed by atoms with Crippen LogP contribution in [0.15, 0.2) is 158 Å². The molecule has 2 N–H and O–H groups in total. The van der Waals surface area contributed by atoms with Crippen LogP contribution in [0.2, 0.25) is 0 Å². The average molecular weight is 793 g/mol. The van der Waals surface area contributed by atoms with E-state index in [0.717, 1.165) is 22.3 Å². The van der Waals surface area contributed by atoms with Gasteiger partial charge in [0.1, 0.15) is 32.5 Å². The molecule has 6 rings (SSSR count). The van der Waals surface area contributed by atoms with E-state index in [0.29, 0.717) is 48.8 Å². The quantitative estimate of drug-likeness (QED) is 0.0548. The van der Waals surface area contributed by atoms with Crippen LogP contribution in [0.5, 0.6) is 23.0 Å². The highest BCUT2D eigenvalue weighted by Gasteiger charge is 2.25. The van der Waals surface area contributed by atoms with E-state index in [9.17, 15) is 14.4 Å². The number of unbranched alkanes of at least 4 members (excludes halogenated alkanes) is 1. The fraction of sp³-hybridized carbons (Fsp3) is 0.204. The minimum Gasteiger partial charge on any atom is -0.485 e. The van der Waals surface area contributed by atoms with Gasteiger partial charge in [-0.25, -0.2) is 4.79 Å². The number of benzene rings is 6. The number of carbonyl (C=O) groups excluding carboxylic acids is 3. The number of hydrogen-bond donors (Lipinski definition) is 2. The van der Waals surface area contributed by atoms with Crippen molar-refractivity contribution in [2.45, 2.75) is 51.7 Å². The molecule has 1 atom stereocenters. The second kappa shape index (κ2) is 22.0. The van der Waals surface area contributed by atoms with Crippen molar-refractivity contribution in [3.8, 4) is 23.0 Å². The Kier molecular flexibility index (Phi) is 15.5. The van der Waals surface area contributed by atoms with E-state index >= 15 is 0 Å². The molecule has 0 spiro atoms. The Morgan fingerprint density at radius 3 is 1.31 bits per heavy atom. The molecule has 0 bridgehead atoms. The van der Waals surface area contributed by atoms with Crippen LogP contribution < -0.4 is 29.6 Å². The third kappa shape index (κ3) is 12.5. The van der Waals surface area contributed by atoms with Crippen molar-refractivity contribution in [3.63, 3.8) is 0 Å². The number of rotatable bonds is 21. The van der Waals surface area contributed by atoms with Gasteiger partial charge in [-0.2, -0.15) is 0 Å². The Balaban J connectivity index is 1.08. The number of methoxy groups -OCH3 is 1. The summed E-state index contributed by atoms with van der Waals surface area (Å²) in [6.07, 6.45) is 1.29. The number of esters is 1. The predicted octanol–water partition coefficient (Wildman–Crippen LogP) is 8.87. The zero-order valence-corrected chi connectivity index (χ0v) is 33.0. The second-order valence-electron chi connectivity index (χ2n) is 13.7. The Morgan fingerprint density at radius 2 is 0.881 bits per heavy atom. The molecule has 10 heteroatoms. The normalized spacial score (nSPS) is 11.1. The van der Waals surface area contributed by atoms with Crippen molar-refractivity contribution in [1.82, 2.24) is 10.6 Å². The molecule has 10 nitrogen and oxygen atoms in total. The lowest BCUT2D eigenvalue weighted by molar-refractivity contribution is -0.143. The van der Waals surface area contributed by atoms with Crippen LogP contribution in [0.3, 0.4) is 0 Å². The van der Waals surface area contributed by atoms with Crippen LogP contribution in [0.25, 0.3) is 0 Å². The first-order valence-corrected chi connectivity index (χ1v) is 19.6. The molecular weight excluding hydrogens is 745 g/mol. The van der Waals surface area contributed by atoms with Crippen LogP contribution in [0.4, 0.5) is 0 Å². The van der Waals surface area contributed by atoms with Gasteiger partial charge in [0.15, 0.2) is 23.0 Å².